The monoisotopic (exact) mass is 342 g/mol. The Kier molecular flexibility index (Phi) is 5.26. The molecular formula is C16H14ClF3N2O. The molecule has 1 amide bonds. The van der Waals surface area contributed by atoms with Crippen molar-refractivity contribution < 1.29 is 18.0 Å². The van der Waals surface area contributed by atoms with E-state index in [0.29, 0.717) is 16.4 Å². The van der Waals surface area contributed by atoms with Crippen molar-refractivity contribution >= 4 is 23.2 Å². The zero-order valence-electron chi connectivity index (χ0n) is 12.2. The average Bonchev–Trinajstić information content (AvgIpc) is 2.49. The number of halogens is 4. The fourth-order valence-electron chi connectivity index (χ4n) is 2.04. The first kappa shape index (κ1) is 17.3. The van der Waals surface area contributed by atoms with Gasteiger partial charge in [-0.2, -0.15) is 13.2 Å². The topological polar surface area (TPSA) is 42.0 Å². The maximum Gasteiger partial charge on any atom is 0.416 e. The van der Waals surface area contributed by atoms with Crippen molar-refractivity contribution in [2.75, 3.05) is 5.32 Å². The van der Waals surface area contributed by atoms with Gasteiger partial charge < -0.3 is 5.32 Å². The molecule has 2 rings (SSSR count). The molecule has 0 spiro atoms. The fraction of sp³-hybridized carbons (Fsp3) is 0.250. The molecule has 1 N–H and O–H groups in total. The maximum atomic E-state index is 12.7. The second-order valence-corrected chi connectivity index (χ2v) is 5.55. The number of nitrogens with zero attached hydrogens (tertiary/aromatic N) is 1. The summed E-state index contributed by atoms with van der Waals surface area (Å²) in [6.07, 6.45) is -2.77. The summed E-state index contributed by atoms with van der Waals surface area (Å²) in [5, 5.41) is 2.96. The highest BCUT2D eigenvalue weighted by Gasteiger charge is 2.30. The van der Waals surface area contributed by atoms with Crippen LogP contribution in [0.15, 0.2) is 42.6 Å². The zero-order valence-corrected chi connectivity index (χ0v) is 12.9. The summed E-state index contributed by atoms with van der Waals surface area (Å²) in [5.41, 5.74) is 0.219. The third kappa shape index (κ3) is 4.96. The van der Waals surface area contributed by atoms with Crippen molar-refractivity contribution in [3.05, 3.63) is 58.9 Å². The van der Waals surface area contributed by atoms with Crippen molar-refractivity contribution in [3.8, 4) is 0 Å². The number of pyridine rings is 1. The number of aromatic nitrogens is 1. The van der Waals surface area contributed by atoms with E-state index in [9.17, 15) is 18.0 Å². The molecule has 0 bridgehead atoms. The minimum Gasteiger partial charge on any atom is -0.324 e. The molecule has 1 unspecified atom stereocenters. The van der Waals surface area contributed by atoms with Gasteiger partial charge in [-0.15, -0.1) is 0 Å². The summed E-state index contributed by atoms with van der Waals surface area (Å²) in [6.45, 7) is 1.65. The molecule has 122 valence electrons. The summed E-state index contributed by atoms with van der Waals surface area (Å²) in [7, 11) is 0. The highest BCUT2D eigenvalue weighted by atomic mass is 35.5. The van der Waals surface area contributed by atoms with E-state index in [-0.39, 0.29) is 12.3 Å². The Morgan fingerprint density at radius 1 is 1.30 bits per heavy atom. The summed E-state index contributed by atoms with van der Waals surface area (Å²) in [5.74, 6) is -0.791. The normalized spacial score (nSPS) is 12.7. The van der Waals surface area contributed by atoms with Gasteiger partial charge in [-0.1, -0.05) is 36.7 Å². The van der Waals surface area contributed by atoms with E-state index in [4.69, 9.17) is 11.6 Å². The molecule has 0 saturated heterocycles. The van der Waals surface area contributed by atoms with E-state index in [2.05, 4.69) is 10.3 Å². The van der Waals surface area contributed by atoms with Gasteiger partial charge in [0, 0.05) is 5.92 Å². The highest BCUT2D eigenvalue weighted by molar-refractivity contribution is 6.29. The number of benzene rings is 1. The van der Waals surface area contributed by atoms with Gasteiger partial charge in [0.05, 0.1) is 17.4 Å². The van der Waals surface area contributed by atoms with Crippen LogP contribution in [0.4, 0.5) is 18.9 Å². The number of anilines is 1. The Hall–Kier alpha value is -2.08. The van der Waals surface area contributed by atoms with Crippen molar-refractivity contribution in [2.45, 2.75) is 19.5 Å². The predicted molar refractivity (Wildman–Crippen MR) is 82.2 cm³/mol. The van der Waals surface area contributed by atoms with Gasteiger partial charge in [-0.25, -0.2) is 4.98 Å². The lowest BCUT2D eigenvalue weighted by molar-refractivity contribution is -0.137. The van der Waals surface area contributed by atoms with Crippen LogP contribution in [0.1, 0.15) is 18.1 Å². The smallest absolute Gasteiger partial charge is 0.324 e. The van der Waals surface area contributed by atoms with Gasteiger partial charge in [0.1, 0.15) is 5.15 Å². The molecule has 23 heavy (non-hydrogen) atoms. The molecule has 0 aliphatic heterocycles. The number of amides is 1. The van der Waals surface area contributed by atoms with Gasteiger partial charge in [0.15, 0.2) is 0 Å². The Balaban J connectivity index is 2.02. The standard InChI is InChI=1S/C16H14ClF3N2O/c1-10(15(23)22-13-5-6-14(17)21-9-13)7-11-3-2-4-12(8-11)16(18,19)20/h2-6,8-10H,7H2,1H3,(H,22,23). The van der Waals surface area contributed by atoms with E-state index < -0.39 is 17.7 Å². The largest absolute Gasteiger partial charge is 0.416 e. The van der Waals surface area contributed by atoms with Crippen LogP contribution in [0, 0.1) is 5.92 Å². The second-order valence-electron chi connectivity index (χ2n) is 5.16. The van der Waals surface area contributed by atoms with E-state index in [1.165, 1.54) is 18.3 Å². The number of hydrogen-bond acceptors (Lipinski definition) is 2. The zero-order chi connectivity index (χ0) is 17.0. The van der Waals surface area contributed by atoms with Gasteiger partial charge in [0.2, 0.25) is 5.91 Å². The Morgan fingerprint density at radius 2 is 2.04 bits per heavy atom. The van der Waals surface area contributed by atoms with Crippen LogP contribution in [-0.4, -0.2) is 10.9 Å². The highest BCUT2D eigenvalue weighted by Crippen LogP contribution is 2.30. The molecule has 1 heterocycles. The molecule has 2 aromatic rings. The van der Waals surface area contributed by atoms with Crippen LogP contribution >= 0.6 is 11.6 Å². The van der Waals surface area contributed by atoms with Crippen LogP contribution in [0.2, 0.25) is 5.15 Å². The molecule has 1 atom stereocenters. The Morgan fingerprint density at radius 3 is 2.65 bits per heavy atom. The van der Waals surface area contributed by atoms with E-state index in [1.54, 1.807) is 19.1 Å². The Labute approximate surface area is 136 Å². The van der Waals surface area contributed by atoms with E-state index in [0.717, 1.165) is 12.1 Å². The van der Waals surface area contributed by atoms with E-state index >= 15 is 0 Å². The van der Waals surface area contributed by atoms with Crippen LogP contribution in [0.3, 0.4) is 0 Å². The number of rotatable bonds is 4. The summed E-state index contributed by atoms with van der Waals surface area (Å²) in [4.78, 5) is 15.9. The first-order chi connectivity index (χ1) is 10.8. The van der Waals surface area contributed by atoms with Crippen molar-refractivity contribution in [1.29, 1.82) is 0 Å². The quantitative estimate of drug-likeness (QED) is 0.827. The van der Waals surface area contributed by atoms with Crippen molar-refractivity contribution in [3.63, 3.8) is 0 Å². The van der Waals surface area contributed by atoms with Crippen molar-refractivity contribution in [1.82, 2.24) is 4.98 Å². The van der Waals surface area contributed by atoms with Crippen LogP contribution in [-0.2, 0) is 17.4 Å². The number of carbonyl (C=O) groups excluding carboxylic acids is 1. The molecule has 0 saturated carbocycles. The SMILES string of the molecule is CC(Cc1cccc(C(F)(F)F)c1)C(=O)Nc1ccc(Cl)nc1. The lowest BCUT2D eigenvalue weighted by Crippen LogP contribution is -2.22. The Bertz CT molecular complexity index is 686. The number of nitrogens with one attached hydrogen (secondary N) is 1. The predicted octanol–water partition coefficient (Wildman–Crippen LogP) is 4.57. The van der Waals surface area contributed by atoms with Gasteiger partial charge in [-0.3, -0.25) is 4.79 Å². The lowest BCUT2D eigenvalue weighted by atomic mass is 9.98. The summed E-state index contributed by atoms with van der Waals surface area (Å²) >= 11 is 5.65. The minimum absolute atomic E-state index is 0.205. The average molecular weight is 343 g/mol. The third-order valence-electron chi connectivity index (χ3n) is 3.24. The van der Waals surface area contributed by atoms with E-state index in [1.807, 2.05) is 0 Å². The molecule has 3 nitrogen and oxygen atoms in total. The third-order valence-corrected chi connectivity index (χ3v) is 3.46. The first-order valence-corrected chi connectivity index (χ1v) is 7.22. The maximum absolute atomic E-state index is 12.7. The van der Waals surface area contributed by atoms with Crippen molar-refractivity contribution in [2.24, 2.45) is 5.92 Å². The molecule has 0 aliphatic carbocycles. The first-order valence-electron chi connectivity index (χ1n) is 6.84. The second kappa shape index (κ2) is 7.00. The van der Waals surface area contributed by atoms with Gasteiger partial charge >= 0.3 is 6.18 Å². The molecule has 0 radical (unpaired) electrons. The fourth-order valence-corrected chi connectivity index (χ4v) is 2.15. The lowest BCUT2D eigenvalue weighted by Gasteiger charge is -2.13. The van der Waals surface area contributed by atoms with Crippen LogP contribution in [0.25, 0.3) is 0 Å². The van der Waals surface area contributed by atoms with Crippen LogP contribution in [0.5, 0.6) is 0 Å². The van der Waals surface area contributed by atoms with Gasteiger partial charge in [0.25, 0.3) is 0 Å². The molecule has 7 heteroatoms. The molecule has 0 fully saturated rings. The number of alkyl halides is 3. The molecular weight excluding hydrogens is 329 g/mol. The molecule has 1 aromatic carbocycles. The molecule has 0 aliphatic rings. The summed E-state index contributed by atoms with van der Waals surface area (Å²) in [6, 6.07) is 8.12. The minimum atomic E-state index is -4.39. The number of carbonyl (C=O) groups is 1. The summed E-state index contributed by atoms with van der Waals surface area (Å²) < 4.78 is 38.1. The van der Waals surface area contributed by atoms with Crippen LogP contribution < -0.4 is 5.32 Å². The van der Waals surface area contributed by atoms with Gasteiger partial charge in [-0.05, 0) is 30.2 Å². The number of hydrogen-bond donors (Lipinski definition) is 1. The molecule has 1 aromatic heterocycles.